The third-order valence-electron chi connectivity index (χ3n) is 3.53. The van der Waals surface area contributed by atoms with E-state index >= 15 is 0 Å². The number of amides is 1. The average Bonchev–Trinajstić information content (AvgIpc) is 2.44. The van der Waals surface area contributed by atoms with Crippen LogP contribution >= 0.6 is 0 Å². The number of carbonyl (C=O) groups excluding carboxylic acids is 1. The first-order chi connectivity index (χ1) is 10.1. The molecule has 0 heterocycles. The van der Waals surface area contributed by atoms with Crippen molar-refractivity contribution >= 4 is 17.3 Å². The number of rotatable bonds is 5. The van der Waals surface area contributed by atoms with Gasteiger partial charge in [0, 0.05) is 17.8 Å². The van der Waals surface area contributed by atoms with Crippen molar-refractivity contribution in [3.05, 3.63) is 59.2 Å². The van der Waals surface area contributed by atoms with Crippen LogP contribution in [-0.2, 0) is 11.2 Å². The van der Waals surface area contributed by atoms with E-state index in [0.29, 0.717) is 6.42 Å². The van der Waals surface area contributed by atoms with Gasteiger partial charge in [0.15, 0.2) is 0 Å². The first-order valence-corrected chi connectivity index (χ1v) is 7.27. The zero-order chi connectivity index (χ0) is 15.2. The zero-order valence-corrected chi connectivity index (χ0v) is 12.6. The lowest BCUT2D eigenvalue weighted by molar-refractivity contribution is -0.116. The van der Waals surface area contributed by atoms with Crippen LogP contribution in [-0.4, -0.2) is 5.91 Å². The van der Waals surface area contributed by atoms with E-state index in [1.165, 1.54) is 5.56 Å². The van der Waals surface area contributed by atoms with Gasteiger partial charge in [0.1, 0.15) is 0 Å². The summed E-state index contributed by atoms with van der Waals surface area (Å²) in [7, 11) is 0. The summed E-state index contributed by atoms with van der Waals surface area (Å²) < 4.78 is 0. The number of hydrogen-bond donors (Lipinski definition) is 2. The van der Waals surface area contributed by atoms with Crippen molar-refractivity contribution in [3.8, 4) is 0 Å². The third-order valence-corrected chi connectivity index (χ3v) is 3.53. The number of anilines is 2. The molecule has 0 radical (unpaired) electrons. The number of nitrogen functional groups attached to an aromatic ring is 1. The quantitative estimate of drug-likeness (QED) is 0.818. The summed E-state index contributed by atoms with van der Waals surface area (Å²) in [4.78, 5) is 12.0. The molecule has 0 aromatic heterocycles. The van der Waals surface area contributed by atoms with Gasteiger partial charge < -0.3 is 11.1 Å². The van der Waals surface area contributed by atoms with Gasteiger partial charge in [0.25, 0.3) is 0 Å². The molecule has 0 atom stereocenters. The molecule has 0 aliphatic rings. The second-order valence-corrected chi connectivity index (χ2v) is 5.42. The highest BCUT2D eigenvalue weighted by Gasteiger charge is 2.08. The van der Waals surface area contributed by atoms with E-state index < -0.39 is 0 Å². The molecule has 0 bridgehead atoms. The first kappa shape index (κ1) is 15.1. The van der Waals surface area contributed by atoms with Crippen LogP contribution in [0.5, 0.6) is 0 Å². The summed E-state index contributed by atoms with van der Waals surface area (Å²) in [6, 6.07) is 14.0. The Morgan fingerprint density at radius 2 is 1.71 bits per heavy atom. The number of benzene rings is 2. The van der Waals surface area contributed by atoms with Crippen LogP contribution in [0.4, 0.5) is 11.4 Å². The fourth-order valence-corrected chi connectivity index (χ4v) is 2.49. The van der Waals surface area contributed by atoms with Gasteiger partial charge in [-0.3, -0.25) is 4.79 Å². The van der Waals surface area contributed by atoms with Crippen molar-refractivity contribution in [2.75, 3.05) is 11.1 Å². The Hall–Kier alpha value is -2.29. The van der Waals surface area contributed by atoms with E-state index in [4.69, 9.17) is 5.73 Å². The van der Waals surface area contributed by atoms with Crippen LogP contribution in [0, 0.1) is 13.8 Å². The third kappa shape index (κ3) is 4.35. The number of nitrogens with two attached hydrogens (primary N) is 1. The normalized spacial score (nSPS) is 10.4. The molecule has 0 saturated heterocycles. The molecule has 3 heteroatoms. The smallest absolute Gasteiger partial charge is 0.224 e. The van der Waals surface area contributed by atoms with Gasteiger partial charge in [-0.05, 0) is 55.5 Å². The molecule has 110 valence electrons. The summed E-state index contributed by atoms with van der Waals surface area (Å²) in [6.07, 6.45) is 2.30. The van der Waals surface area contributed by atoms with Crippen LogP contribution in [0.15, 0.2) is 42.5 Å². The molecule has 0 fully saturated rings. The van der Waals surface area contributed by atoms with Crippen molar-refractivity contribution in [1.82, 2.24) is 0 Å². The summed E-state index contributed by atoms with van der Waals surface area (Å²) in [5, 5.41) is 3.00. The Bertz CT molecular complexity index is 597. The Balaban J connectivity index is 1.88. The van der Waals surface area contributed by atoms with Gasteiger partial charge in [0.2, 0.25) is 5.91 Å². The molecular formula is C18H22N2O. The predicted octanol–water partition coefficient (Wildman–Crippen LogP) is 3.85. The number of aryl methyl sites for hydroxylation is 3. The molecule has 0 spiro atoms. The highest BCUT2D eigenvalue weighted by molar-refractivity contribution is 5.92. The molecule has 0 saturated carbocycles. The van der Waals surface area contributed by atoms with E-state index in [2.05, 4.69) is 17.4 Å². The molecular weight excluding hydrogens is 260 g/mol. The standard InChI is InChI=1S/C18H22N2O/c1-13-11-16(19)12-14(2)18(13)20-17(21)10-6-9-15-7-4-3-5-8-15/h3-5,7-8,11-12H,6,9-10,19H2,1-2H3,(H,20,21). The van der Waals surface area contributed by atoms with E-state index in [1.54, 1.807) is 0 Å². The highest BCUT2D eigenvalue weighted by atomic mass is 16.1. The van der Waals surface area contributed by atoms with Crippen LogP contribution < -0.4 is 11.1 Å². The van der Waals surface area contributed by atoms with E-state index in [-0.39, 0.29) is 5.91 Å². The Morgan fingerprint density at radius 1 is 1.10 bits per heavy atom. The molecule has 0 aliphatic carbocycles. The maximum absolute atomic E-state index is 12.0. The molecule has 0 aliphatic heterocycles. The summed E-state index contributed by atoms with van der Waals surface area (Å²) in [5.74, 6) is 0.0573. The molecule has 2 aromatic carbocycles. The summed E-state index contributed by atoms with van der Waals surface area (Å²) in [5.41, 5.74) is 10.7. The SMILES string of the molecule is Cc1cc(N)cc(C)c1NC(=O)CCCc1ccccc1. The van der Waals surface area contributed by atoms with Gasteiger partial charge in [-0.25, -0.2) is 0 Å². The molecule has 3 nitrogen and oxygen atoms in total. The minimum atomic E-state index is 0.0573. The van der Waals surface area contributed by atoms with E-state index in [9.17, 15) is 4.79 Å². The lowest BCUT2D eigenvalue weighted by atomic mass is 10.1. The van der Waals surface area contributed by atoms with Crippen molar-refractivity contribution in [2.24, 2.45) is 0 Å². The fraction of sp³-hybridized carbons (Fsp3) is 0.278. The molecule has 2 rings (SSSR count). The molecule has 3 N–H and O–H groups in total. The highest BCUT2D eigenvalue weighted by Crippen LogP contribution is 2.23. The Labute approximate surface area is 126 Å². The molecule has 0 unspecified atom stereocenters. The largest absolute Gasteiger partial charge is 0.399 e. The van der Waals surface area contributed by atoms with Crippen LogP contribution in [0.1, 0.15) is 29.5 Å². The van der Waals surface area contributed by atoms with Gasteiger partial charge in [-0.1, -0.05) is 30.3 Å². The first-order valence-electron chi connectivity index (χ1n) is 7.27. The Morgan fingerprint density at radius 3 is 2.33 bits per heavy atom. The number of nitrogens with one attached hydrogen (secondary N) is 1. The van der Waals surface area contributed by atoms with Crippen LogP contribution in [0.2, 0.25) is 0 Å². The van der Waals surface area contributed by atoms with Crippen molar-refractivity contribution in [1.29, 1.82) is 0 Å². The van der Waals surface area contributed by atoms with E-state index in [1.807, 2.05) is 44.2 Å². The number of hydrogen-bond acceptors (Lipinski definition) is 2. The monoisotopic (exact) mass is 282 g/mol. The summed E-state index contributed by atoms with van der Waals surface area (Å²) >= 11 is 0. The predicted molar refractivity (Wildman–Crippen MR) is 88.3 cm³/mol. The second-order valence-electron chi connectivity index (χ2n) is 5.42. The zero-order valence-electron chi connectivity index (χ0n) is 12.6. The van der Waals surface area contributed by atoms with Gasteiger partial charge >= 0.3 is 0 Å². The van der Waals surface area contributed by atoms with Crippen molar-refractivity contribution in [2.45, 2.75) is 33.1 Å². The average molecular weight is 282 g/mol. The lowest BCUT2D eigenvalue weighted by Crippen LogP contribution is -2.13. The second kappa shape index (κ2) is 6.93. The maximum atomic E-state index is 12.0. The van der Waals surface area contributed by atoms with Gasteiger partial charge in [-0.15, -0.1) is 0 Å². The maximum Gasteiger partial charge on any atom is 0.224 e. The molecule has 21 heavy (non-hydrogen) atoms. The lowest BCUT2D eigenvalue weighted by Gasteiger charge is -2.12. The Kier molecular flexibility index (Phi) is 4.99. The van der Waals surface area contributed by atoms with Crippen molar-refractivity contribution in [3.63, 3.8) is 0 Å². The molecule has 1 amide bonds. The number of carbonyl (C=O) groups is 1. The van der Waals surface area contributed by atoms with E-state index in [0.717, 1.165) is 35.3 Å². The van der Waals surface area contributed by atoms with Gasteiger partial charge in [-0.2, -0.15) is 0 Å². The van der Waals surface area contributed by atoms with Crippen molar-refractivity contribution < 1.29 is 4.79 Å². The van der Waals surface area contributed by atoms with Crippen LogP contribution in [0.25, 0.3) is 0 Å². The minimum absolute atomic E-state index is 0.0573. The summed E-state index contributed by atoms with van der Waals surface area (Å²) in [6.45, 7) is 3.92. The van der Waals surface area contributed by atoms with Gasteiger partial charge in [0.05, 0.1) is 0 Å². The fourth-order valence-electron chi connectivity index (χ4n) is 2.49. The topological polar surface area (TPSA) is 55.1 Å². The minimum Gasteiger partial charge on any atom is -0.399 e. The molecule has 2 aromatic rings. The van der Waals surface area contributed by atoms with Crippen LogP contribution in [0.3, 0.4) is 0 Å².